The molecular formula is C12H26N2O2S. The van der Waals surface area contributed by atoms with Gasteiger partial charge in [-0.15, -0.1) is 0 Å². The summed E-state index contributed by atoms with van der Waals surface area (Å²) in [6.07, 6.45) is 4.12. The Morgan fingerprint density at radius 3 is 2.65 bits per heavy atom. The Balaban J connectivity index is 2.55. The number of rotatable bonds is 6. The van der Waals surface area contributed by atoms with Crippen LogP contribution in [0.3, 0.4) is 0 Å². The molecule has 0 saturated carbocycles. The van der Waals surface area contributed by atoms with Crippen molar-refractivity contribution in [1.29, 1.82) is 0 Å². The molecule has 1 aliphatic rings. The van der Waals surface area contributed by atoms with E-state index in [1.165, 1.54) is 0 Å². The summed E-state index contributed by atoms with van der Waals surface area (Å²) in [6.45, 7) is 7.39. The normalized spacial score (nSPS) is 23.2. The van der Waals surface area contributed by atoms with Crippen LogP contribution >= 0.6 is 0 Å². The van der Waals surface area contributed by atoms with Crippen molar-refractivity contribution in [3.63, 3.8) is 0 Å². The summed E-state index contributed by atoms with van der Waals surface area (Å²) in [4.78, 5) is 0. The van der Waals surface area contributed by atoms with Gasteiger partial charge in [-0.2, -0.15) is 4.31 Å². The molecule has 0 spiro atoms. The van der Waals surface area contributed by atoms with Crippen LogP contribution in [-0.4, -0.2) is 43.6 Å². The zero-order valence-electron chi connectivity index (χ0n) is 11.3. The van der Waals surface area contributed by atoms with Crippen LogP contribution in [0.4, 0.5) is 0 Å². The summed E-state index contributed by atoms with van der Waals surface area (Å²) in [5, 5.41) is 3.17. The molecule has 17 heavy (non-hydrogen) atoms. The van der Waals surface area contributed by atoms with E-state index in [9.17, 15) is 8.42 Å². The summed E-state index contributed by atoms with van der Waals surface area (Å²) in [5.41, 5.74) is 0. The quantitative estimate of drug-likeness (QED) is 0.790. The van der Waals surface area contributed by atoms with Crippen molar-refractivity contribution in [2.75, 3.05) is 18.8 Å². The predicted molar refractivity (Wildman–Crippen MR) is 71.6 cm³/mol. The third-order valence-corrected chi connectivity index (χ3v) is 5.23. The second kappa shape index (κ2) is 6.71. The van der Waals surface area contributed by atoms with E-state index in [4.69, 9.17) is 0 Å². The van der Waals surface area contributed by atoms with Crippen molar-refractivity contribution >= 4 is 10.0 Å². The highest BCUT2D eigenvalue weighted by molar-refractivity contribution is 7.89. The summed E-state index contributed by atoms with van der Waals surface area (Å²) in [5.74, 6) is 0.224. The van der Waals surface area contributed by atoms with E-state index in [-0.39, 0.29) is 11.8 Å². The maximum Gasteiger partial charge on any atom is 0.215 e. The molecule has 1 aliphatic heterocycles. The van der Waals surface area contributed by atoms with Gasteiger partial charge in [0.2, 0.25) is 10.0 Å². The molecule has 102 valence electrons. The van der Waals surface area contributed by atoms with Gasteiger partial charge in [0.15, 0.2) is 0 Å². The lowest BCUT2D eigenvalue weighted by Gasteiger charge is -2.34. The largest absolute Gasteiger partial charge is 0.313 e. The van der Waals surface area contributed by atoms with E-state index in [1.807, 2.05) is 13.8 Å². The van der Waals surface area contributed by atoms with Crippen LogP contribution in [0.5, 0.6) is 0 Å². The molecular weight excluding hydrogens is 236 g/mol. The summed E-state index contributed by atoms with van der Waals surface area (Å²) in [7, 11) is -3.07. The highest BCUT2D eigenvalue weighted by Crippen LogP contribution is 2.22. The van der Waals surface area contributed by atoms with Crippen LogP contribution in [0.25, 0.3) is 0 Å². The lowest BCUT2D eigenvalue weighted by Crippen LogP contribution is -2.46. The molecule has 0 aromatic rings. The maximum atomic E-state index is 12.2. The highest BCUT2D eigenvalue weighted by Gasteiger charge is 2.30. The van der Waals surface area contributed by atoms with Gasteiger partial charge in [0.05, 0.1) is 5.75 Å². The number of hydrogen-bond donors (Lipinski definition) is 1. The SMILES string of the molecule is CCC1CCCCN1S(=O)(=O)CCNC(C)C. The van der Waals surface area contributed by atoms with Crippen molar-refractivity contribution in [2.24, 2.45) is 0 Å². The third kappa shape index (κ3) is 4.56. The zero-order chi connectivity index (χ0) is 12.9. The standard InChI is InChI=1S/C12H26N2O2S/c1-4-12-7-5-6-9-14(12)17(15,16)10-8-13-11(2)3/h11-13H,4-10H2,1-3H3. The van der Waals surface area contributed by atoms with Crippen molar-refractivity contribution in [2.45, 2.75) is 58.5 Å². The fourth-order valence-electron chi connectivity index (χ4n) is 2.34. The van der Waals surface area contributed by atoms with E-state index in [0.29, 0.717) is 19.1 Å². The smallest absolute Gasteiger partial charge is 0.215 e. The summed E-state index contributed by atoms with van der Waals surface area (Å²) >= 11 is 0. The van der Waals surface area contributed by atoms with E-state index < -0.39 is 10.0 Å². The Kier molecular flexibility index (Phi) is 5.89. The topological polar surface area (TPSA) is 49.4 Å². The summed E-state index contributed by atoms with van der Waals surface area (Å²) < 4.78 is 26.2. The van der Waals surface area contributed by atoms with Crippen LogP contribution in [0, 0.1) is 0 Å². The molecule has 1 rings (SSSR count). The minimum absolute atomic E-state index is 0.224. The van der Waals surface area contributed by atoms with Crippen LogP contribution < -0.4 is 5.32 Å². The van der Waals surface area contributed by atoms with Gasteiger partial charge in [-0.1, -0.05) is 27.2 Å². The summed E-state index contributed by atoms with van der Waals surface area (Å²) in [6, 6.07) is 0.571. The average Bonchev–Trinajstić information content (AvgIpc) is 2.28. The average molecular weight is 262 g/mol. The Morgan fingerprint density at radius 1 is 1.35 bits per heavy atom. The van der Waals surface area contributed by atoms with E-state index >= 15 is 0 Å². The van der Waals surface area contributed by atoms with Crippen molar-refractivity contribution in [3.8, 4) is 0 Å². The van der Waals surface area contributed by atoms with Gasteiger partial charge in [-0.3, -0.25) is 0 Å². The molecule has 0 aliphatic carbocycles. The number of nitrogens with zero attached hydrogens (tertiary/aromatic N) is 1. The van der Waals surface area contributed by atoms with Crippen LogP contribution in [0.15, 0.2) is 0 Å². The van der Waals surface area contributed by atoms with Crippen molar-refractivity contribution in [3.05, 3.63) is 0 Å². The first-order valence-corrected chi connectivity index (χ1v) is 8.31. The fourth-order valence-corrected chi connectivity index (χ4v) is 4.07. The molecule has 0 radical (unpaired) electrons. The molecule has 5 heteroatoms. The van der Waals surface area contributed by atoms with Crippen molar-refractivity contribution < 1.29 is 8.42 Å². The van der Waals surface area contributed by atoms with Gasteiger partial charge in [-0.25, -0.2) is 8.42 Å². The molecule has 0 aromatic heterocycles. The van der Waals surface area contributed by atoms with E-state index in [2.05, 4.69) is 12.2 Å². The lowest BCUT2D eigenvalue weighted by atomic mass is 10.0. The van der Waals surface area contributed by atoms with Gasteiger partial charge < -0.3 is 5.32 Å². The minimum atomic E-state index is -3.07. The molecule has 1 N–H and O–H groups in total. The first-order valence-electron chi connectivity index (χ1n) is 6.70. The number of hydrogen-bond acceptors (Lipinski definition) is 3. The van der Waals surface area contributed by atoms with Gasteiger partial charge >= 0.3 is 0 Å². The molecule has 1 heterocycles. The van der Waals surface area contributed by atoms with Gasteiger partial charge in [-0.05, 0) is 19.3 Å². The first kappa shape index (κ1) is 14.9. The predicted octanol–water partition coefficient (Wildman–Crippen LogP) is 1.58. The van der Waals surface area contributed by atoms with E-state index in [1.54, 1.807) is 4.31 Å². The van der Waals surface area contributed by atoms with Crippen LogP contribution in [-0.2, 0) is 10.0 Å². The number of piperidine rings is 1. The molecule has 0 bridgehead atoms. The second-order valence-electron chi connectivity index (χ2n) is 5.09. The van der Waals surface area contributed by atoms with Crippen molar-refractivity contribution in [1.82, 2.24) is 9.62 Å². The molecule has 1 fully saturated rings. The van der Waals surface area contributed by atoms with Gasteiger partial charge in [0, 0.05) is 25.2 Å². The van der Waals surface area contributed by atoms with Gasteiger partial charge in [0.1, 0.15) is 0 Å². The second-order valence-corrected chi connectivity index (χ2v) is 7.13. The Morgan fingerprint density at radius 2 is 2.06 bits per heavy atom. The Labute approximate surface area is 106 Å². The maximum absolute atomic E-state index is 12.2. The molecule has 4 nitrogen and oxygen atoms in total. The molecule has 1 saturated heterocycles. The molecule has 0 aromatic carbocycles. The van der Waals surface area contributed by atoms with Gasteiger partial charge in [0.25, 0.3) is 0 Å². The van der Waals surface area contributed by atoms with Crippen LogP contribution in [0.1, 0.15) is 46.5 Å². The Hall–Kier alpha value is -0.130. The first-order chi connectivity index (χ1) is 7.97. The molecule has 1 atom stereocenters. The molecule has 1 unspecified atom stereocenters. The number of nitrogens with one attached hydrogen (secondary N) is 1. The Bertz CT molecular complexity index is 314. The third-order valence-electron chi connectivity index (χ3n) is 3.31. The van der Waals surface area contributed by atoms with E-state index in [0.717, 1.165) is 25.7 Å². The minimum Gasteiger partial charge on any atom is -0.313 e. The lowest BCUT2D eigenvalue weighted by molar-refractivity contribution is 0.246. The fraction of sp³-hybridized carbons (Fsp3) is 1.00. The zero-order valence-corrected chi connectivity index (χ0v) is 12.1. The highest BCUT2D eigenvalue weighted by atomic mass is 32.2. The monoisotopic (exact) mass is 262 g/mol. The number of sulfonamides is 1. The molecule has 0 amide bonds. The van der Waals surface area contributed by atoms with Crippen LogP contribution in [0.2, 0.25) is 0 Å².